The topological polar surface area (TPSA) is 94.2 Å². The van der Waals surface area contributed by atoms with Crippen LogP contribution in [0.15, 0.2) is 30.5 Å². The maximum Gasteiger partial charge on any atom is 0.319 e. The number of carbonyl (C=O) groups excluding carboxylic acids is 1. The molecule has 1 aromatic heterocycles. The van der Waals surface area contributed by atoms with Gasteiger partial charge < -0.3 is 21.1 Å². The third kappa shape index (κ3) is 3.00. The number of hydrogen-bond acceptors (Lipinski definition) is 4. The van der Waals surface area contributed by atoms with E-state index in [1.165, 1.54) is 0 Å². The van der Waals surface area contributed by atoms with Crippen LogP contribution < -0.4 is 21.1 Å². The molecular weight excluding hydrogens is 258 g/mol. The summed E-state index contributed by atoms with van der Waals surface area (Å²) < 4.78 is 6.71. The predicted molar refractivity (Wildman–Crippen MR) is 76.5 cm³/mol. The number of nitrogens with two attached hydrogens (primary N) is 1. The highest BCUT2D eigenvalue weighted by molar-refractivity contribution is 5.90. The van der Waals surface area contributed by atoms with Gasteiger partial charge >= 0.3 is 6.03 Å². The highest BCUT2D eigenvalue weighted by Gasteiger charge is 2.08. The van der Waals surface area contributed by atoms with Gasteiger partial charge in [0.05, 0.1) is 19.0 Å². The Hall–Kier alpha value is -2.70. The molecule has 0 bridgehead atoms. The zero-order valence-electron chi connectivity index (χ0n) is 11.4. The second-order valence-electron chi connectivity index (χ2n) is 4.19. The van der Waals surface area contributed by atoms with Crippen molar-refractivity contribution in [3.63, 3.8) is 0 Å². The van der Waals surface area contributed by atoms with Gasteiger partial charge in [-0.2, -0.15) is 5.10 Å². The lowest BCUT2D eigenvalue weighted by molar-refractivity contribution is 0.251. The van der Waals surface area contributed by atoms with Gasteiger partial charge in [0.15, 0.2) is 0 Å². The maximum absolute atomic E-state index is 11.8. The smallest absolute Gasteiger partial charge is 0.319 e. The number of methoxy groups -OCH3 is 1. The maximum atomic E-state index is 11.8. The number of aromatic nitrogens is 2. The minimum Gasteiger partial charge on any atom is -0.495 e. The van der Waals surface area contributed by atoms with Gasteiger partial charge in [0.25, 0.3) is 0 Å². The number of nitrogens with one attached hydrogen (secondary N) is 2. The van der Waals surface area contributed by atoms with E-state index < -0.39 is 0 Å². The number of rotatable bonds is 4. The Balaban J connectivity index is 1.94. The summed E-state index contributed by atoms with van der Waals surface area (Å²) in [6, 6.07) is 6.85. The summed E-state index contributed by atoms with van der Waals surface area (Å²) in [7, 11) is 3.29. The monoisotopic (exact) mass is 275 g/mol. The highest BCUT2D eigenvalue weighted by atomic mass is 16.5. The second-order valence-corrected chi connectivity index (χ2v) is 4.19. The third-order valence-electron chi connectivity index (χ3n) is 2.86. The summed E-state index contributed by atoms with van der Waals surface area (Å²) in [5.41, 5.74) is 7.17. The van der Waals surface area contributed by atoms with E-state index in [4.69, 9.17) is 10.5 Å². The molecule has 0 radical (unpaired) electrons. The lowest BCUT2D eigenvalue weighted by Crippen LogP contribution is -2.28. The van der Waals surface area contributed by atoms with E-state index in [1.807, 2.05) is 12.1 Å². The molecule has 0 aliphatic rings. The standard InChI is InChI=1S/C13H17N5O2/c1-18-12(14)9(8-16-18)7-15-13(19)17-10-5-3-4-6-11(10)20-2/h3-6,8H,7,14H2,1-2H3,(H2,15,17,19). The van der Waals surface area contributed by atoms with Crippen LogP contribution in [0.5, 0.6) is 5.75 Å². The van der Waals surface area contributed by atoms with Crippen molar-refractivity contribution in [2.45, 2.75) is 6.54 Å². The molecule has 0 saturated heterocycles. The Morgan fingerprint density at radius 1 is 1.45 bits per heavy atom. The average Bonchev–Trinajstić information content (AvgIpc) is 2.77. The van der Waals surface area contributed by atoms with Gasteiger partial charge in [-0.25, -0.2) is 4.79 Å². The van der Waals surface area contributed by atoms with E-state index >= 15 is 0 Å². The molecule has 0 unspecified atom stereocenters. The van der Waals surface area contributed by atoms with Crippen molar-refractivity contribution in [1.29, 1.82) is 0 Å². The van der Waals surface area contributed by atoms with Crippen LogP contribution in [0.4, 0.5) is 16.3 Å². The lowest BCUT2D eigenvalue weighted by Gasteiger charge is -2.10. The minimum atomic E-state index is -0.335. The SMILES string of the molecule is COc1ccccc1NC(=O)NCc1cnn(C)c1N. The van der Waals surface area contributed by atoms with E-state index in [9.17, 15) is 4.79 Å². The quantitative estimate of drug-likeness (QED) is 0.784. The largest absolute Gasteiger partial charge is 0.495 e. The number of urea groups is 1. The van der Waals surface area contributed by atoms with Crippen LogP contribution in [0, 0.1) is 0 Å². The Labute approximate surface area is 116 Å². The van der Waals surface area contributed by atoms with E-state index in [0.717, 1.165) is 5.56 Å². The molecule has 0 saturated carbocycles. The molecule has 106 valence electrons. The molecule has 7 heteroatoms. The van der Waals surface area contributed by atoms with Crippen LogP contribution in [-0.4, -0.2) is 22.9 Å². The van der Waals surface area contributed by atoms with E-state index in [-0.39, 0.29) is 6.03 Å². The normalized spacial score (nSPS) is 10.1. The number of carbonyl (C=O) groups is 1. The Bertz CT molecular complexity index is 609. The first-order valence-corrected chi connectivity index (χ1v) is 6.06. The summed E-state index contributed by atoms with van der Waals surface area (Å²) in [6.45, 7) is 0.306. The first-order chi connectivity index (χ1) is 9.61. The van der Waals surface area contributed by atoms with Crippen LogP contribution in [0.3, 0.4) is 0 Å². The number of ether oxygens (including phenoxy) is 1. The number of anilines is 2. The average molecular weight is 275 g/mol. The van der Waals surface area contributed by atoms with Crippen LogP contribution >= 0.6 is 0 Å². The van der Waals surface area contributed by atoms with Gasteiger partial charge in [0.1, 0.15) is 11.6 Å². The summed E-state index contributed by atoms with van der Waals surface area (Å²) in [4.78, 5) is 11.8. The molecule has 0 aliphatic carbocycles. The molecule has 0 spiro atoms. The van der Waals surface area contributed by atoms with Crippen molar-refractivity contribution in [2.24, 2.45) is 7.05 Å². The molecule has 0 fully saturated rings. The number of nitrogen functional groups attached to an aromatic ring is 1. The molecule has 0 aliphatic heterocycles. The molecule has 1 heterocycles. The number of hydrogen-bond donors (Lipinski definition) is 3. The van der Waals surface area contributed by atoms with Gasteiger partial charge in [-0.15, -0.1) is 0 Å². The summed E-state index contributed by atoms with van der Waals surface area (Å²) >= 11 is 0. The third-order valence-corrected chi connectivity index (χ3v) is 2.86. The molecule has 0 atom stereocenters. The number of nitrogens with zero attached hydrogens (tertiary/aromatic N) is 2. The lowest BCUT2D eigenvalue weighted by atomic mass is 10.3. The van der Waals surface area contributed by atoms with Crippen molar-refractivity contribution in [1.82, 2.24) is 15.1 Å². The molecule has 1 aromatic carbocycles. The summed E-state index contributed by atoms with van der Waals surface area (Å²) in [5.74, 6) is 1.13. The fraction of sp³-hybridized carbons (Fsp3) is 0.231. The first kappa shape index (κ1) is 13.7. The van der Waals surface area contributed by atoms with Gasteiger partial charge in [0, 0.05) is 19.2 Å². The molecule has 2 amide bonds. The zero-order chi connectivity index (χ0) is 14.5. The second kappa shape index (κ2) is 5.96. The molecule has 7 nitrogen and oxygen atoms in total. The fourth-order valence-electron chi connectivity index (χ4n) is 1.72. The van der Waals surface area contributed by atoms with Gasteiger partial charge in [-0.05, 0) is 12.1 Å². The van der Waals surface area contributed by atoms with Gasteiger partial charge in [-0.1, -0.05) is 12.1 Å². The van der Waals surface area contributed by atoms with Crippen LogP contribution in [0.1, 0.15) is 5.56 Å². The van der Waals surface area contributed by atoms with E-state index in [2.05, 4.69) is 15.7 Å². The molecule has 2 rings (SSSR count). The number of para-hydroxylation sites is 2. The van der Waals surface area contributed by atoms with Crippen molar-refractivity contribution < 1.29 is 9.53 Å². The summed E-state index contributed by atoms with van der Waals surface area (Å²) in [5, 5.41) is 9.43. The van der Waals surface area contributed by atoms with Crippen molar-refractivity contribution >= 4 is 17.5 Å². The number of benzene rings is 1. The molecular formula is C13H17N5O2. The van der Waals surface area contributed by atoms with E-state index in [0.29, 0.717) is 23.8 Å². The van der Waals surface area contributed by atoms with Crippen molar-refractivity contribution in [2.75, 3.05) is 18.2 Å². The van der Waals surface area contributed by atoms with Crippen LogP contribution in [0.2, 0.25) is 0 Å². The molecule has 20 heavy (non-hydrogen) atoms. The van der Waals surface area contributed by atoms with E-state index in [1.54, 1.807) is 37.2 Å². The van der Waals surface area contributed by atoms with Crippen LogP contribution in [0.25, 0.3) is 0 Å². The first-order valence-electron chi connectivity index (χ1n) is 6.06. The Morgan fingerprint density at radius 2 is 2.20 bits per heavy atom. The van der Waals surface area contributed by atoms with Crippen LogP contribution in [-0.2, 0) is 13.6 Å². The van der Waals surface area contributed by atoms with Crippen molar-refractivity contribution in [3.8, 4) is 5.75 Å². The van der Waals surface area contributed by atoms with Gasteiger partial charge in [-0.3, -0.25) is 4.68 Å². The molecule has 4 N–H and O–H groups in total. The van der Waals surface area contributed by atoms with Gasteiger partial charge in [0.2, 0.25) is 0 Å². The van der Waals surface area contributed by atoms with Crippen molar-refractivity contribution in [3.05, 3.63) is 36.0 Å². The number of aryl methyl sites for hydroxylation is 1. The Morgan fingerprint density at radius 3 is 2.85 bits per heavy atom. The molecule has 2 aromatic rings. The highest BCUT2D eigenvalue weighted by Crippen LogP contribution is 2.22. The Kier molecular flexibility index (Phi) is 4.09. The predicted octanol–water partition coefficient (Wildman–Crippen LogP) is 1.33. The zero-order valence-corrected chi connectivity index (χ0v) is 11.4. The number of amides is 2. The summed E-state index contributed by atoms with van der Waals surface area (Å²) in [6.07, 6.45) is 1.62. The fourth-order valence-corrected chi connectivity index (χ4v) is 1.72. The minimum absolute atomic E-state index is 0.306.